The summed E-state index contributed by atoms with van der Waals surface area (Å²) in [7, 11) is 0. The molecule has 4 aliphatic carbocycles. The lowest BCUT2D eigenvalue weighted by molar-refractivity contribution is -0.189. The number of hydrogen-bond acceptors (Lipinski definition) is 4. The summed E-state index contributed by atoms with van der Waals surface area (Å²) in [5, 5.41) is 11.0. The Hall–Kier alpha value is -0.610. The van der Waals surface area contributed by atoms with Crippen LogP contribution in [0.3, 0.4) is 0 Å². The lowest BCUT2D eigenvalue weighted by Crippen LogP contribution is -2.67. The molecule has 184 valence electrons. The Bertz CT molecular complexity index is 676. The van der Waals surface area contributed by atoms with E-state index in [9.17, 15) is 9.90 Å². The van der Waals surface area contributed by atoms with Gasteiger partial charge in [-0.2, -0.15) is 0 Å². The number of aliphatic hydroxyl groups is 1. The average Bonchev–Trinajstić information content (AvgIpc) is 3.06. The van der Waals surface area contributed by atoms with Crippen LogP contribution in [0.2, 0.25) is 0 Å². The van der Waals surface area contributed by atoms with Crippen molar-refractivity contribution in [3.63, 3.8) is 0 Å². The molecule has 0 aliphatic heterocycles. The molecule has 4 rings (SSSR count). The molecule has 0 bridgehead atoms. The van der Waals surface area contributed by atoms with Crippen molar-refractivity contribution in [1.82, 2.24) is 0 Å². The quantitative estimate of drug-likeness (QED) is 0.404. The molecule has 0 aromatic carbocycles. The Kier molecular flexibility index (Phi) is 7.05. The molecule has 4 fully saturated rings. The van der Waals surface area contributed by atoms with Crippen LogP contribution in [0.4, 0.5) is 0 Å². The van der Waals surface area contributed by atoms with E-state index in [1.807, 2.05) is 0 Å². The third-order valence-corrected chi connectivity index (χ3v) is 11.0. The highest BCUT2D eigenvalue weighted by molar-refractivity contribution is 5.66. The minimum Gasteiger partial charge on any atom is -0.460 e. The molecule has 0 spiro atoms. The van der Waals surface area contributed by atoms with Crippen molar-refractivity contribution in [2.45, 2.75) is 123 Å². The number of carbonyl (C=O) groups excluding carboxylic acids is 1. The molecule has 4 unspecified atom stereocenters. The zero-order chi connectivity index (χ0) is 23.3. The summed E-state index contributed by atoms with van der Waals surface area (Å²) in [6.45, 7) is 11.1. The summed E-state index contributed by atoms with van der Waals surface area (Å²) >= 11 is 0. The minimum absolute atomic E-state index is 0.0460. The van der Waals surface area contributed by atoms with Gasteiger partial charge in [-0.3, -0.25) is 4.79 Å². The maximum absolute atomic E-state index is 11.6. The Morgan fingerprint density at radius 2 is 1.84 bits per heavy atom. The molecule has 4 saturated carbocycles. The number of hydrogen-bond donors (Lipinski definition) is 2. The SMILES string of the molecule is CC(=O)O[C@@H]1CC2CCC3C(CC[C@@]4(C)C3CC[C@@H]4CCCCC(C)C)[C@@]2(C)[C@@H](N)[C@@H]1O. The van der Waals surface area contributed by atoms with Crippen molar-refractivity contribution in [2.75, 3.05) is 0 Å². The molecular formula is C28H49NO3. The van der Waals surface area contributed by atoms with Crippen LogP contribution >= 0.6 is 0 Å². The van der Waals surface area contributed by atoms with Crippen molar-refractivity contribution in [3.8, 4) is 0 Å². The first kappa shape index (κ1) is 24.5. The third kappa shape index (κ3) is 4.06. The van der Waals surface area contributed by atoms with Crippen LogP contribution in [0.25, 0.3) is 0 Å². The fourth-order valence-corrected chi connectivity index (χ4v) is 9.24. The number of rotatable bonds is 6. The second kappa shape index (κ2) is 9.21. The molecule has 4 heteroatoms. The van der Waals surface area contributed by atoms with Gasteiger partial charge < -0.3 is 15.6 Å². The summed E-state index contributed by atoms with van der Waals surface area (Å²) in [6.07, 6.45) is 13.0. The van der Waals surface area contributed by atoms with Gasteiger partial charge in [-0.15, -0.1) is 0 Å². The van der Waals surface area contributed by atoms with Crippen molar-refractivity contribution in [2.24, 2.45) is 52.1 Å². The second-order valence-electron chi connectivity index (χ2n) is 12.9. The zero-order valence-electron chi connectivity index (χ0n) is 21.3. The van der Waals surface area contributed by atoms with Gasteiger partial charge in [0.1, 0.15) is 12.2 Å². The van der Waals surface area contributed by atoms with Gasteiger partial charge >= 0.3 is 5.97 Å². The van der Waals surface area contributed by atoms with Crippen molar-refractivity contribution < 1.29 is 14.6 Å². The van der Waals surface area contributed by atoms with Crippen LogP contribution in [0.5, 0.6) is 0 Å². The van der Waals surface area contributed by atoms with Crippen molar-refractivity contribution in [1.29, 1.82) is 0 Å². The van der Waals surface area contributed by atoms with Gasteiger partial charge in [0.05, 0.1) is 0 Å². The third-order valence-electron chi connectivity index (χ3n) is 11.0. The Balaban J connectivity index is 1.47. The molecule has 32 heavy (non-hydrogen) atoms. The van der Waals surface area contributed by atoms with Crippen LogP contribution in [0.15, 0.2) is 0 Å². The van der Waals surface area contributed by atoms with E-state index in [0.717, 1.165) is 30.1 Å². The lowest BCUT2D eigenvalue weighted by atomic mass is 9.43. The highest BCUT2D eigenvalue weighted by atomic mass is 16.6. The van der Waals surface area contributed by atoms with E-state index in [1.165, 1.54) is 71.1 Å². The molecule has 3 N–H and O–H groups in total. The molecule has 0 aromatic rings. The summed E-state index contributed by atoms with van der Waals surface area (Å²) in [5.41, 5.74) is 7.26. The molecule has 4 nitrogen and oxygen atoms in total. The molecule has 0 heterocycles. The van der Waals surface area contributed by atoms with E-state index in [0.29, 0.717) is 17.3 Å². The monoisotopic (exact) mass is 447 g/mol. The average molecular weight is 448 g/mol. The van der Waals surface area contributed by atoms with Crippen LogP contribution in [0.1, 0.15) is 105 Å². The number of esters is 1. The molecule has 0 amide bonds. The first-order valence-electron chi connectivity index (χ1n) is 13.7. The number of ether oxygens (including phenoxy) is 1. The highest BCUT2D eigenvalue weighted by Gasteiger charge is 2.63. The van der Waals surface area contributed by atoms with E-state index in [-0.39, 0.29) is 17.4 Å². The van der Waals surface area contributed by atoms with E-state index < -0.39 is 12.2 Å². The Morgan fingerprint density at radius 3 is 2.53 bits per heavy atom. The van der Waals surface area contributed by atoms with E-state index in [2.05, 4.69) is 27.7 Å². The van der Waals surface area contributed by atoms with Gasteiger partial charge in [-0.25, -0.2) is 0 Å². The molecule has 4 aliphatic rings. The molecule has 0 aromatic heterocycles. The lowest BCUT2D eigenvalue weighted by Gasteiger charge is -2.63. The largest absolute Gasteiger partial charge is 0.460 e. The first-order chi connectivity index (χ1) is 15.1. The minimum atomic E-state index is -0.746. The Morgan fingerprint density at radius 1 is 1.09 bits per heavy atom. The molecule has 10 atom stereocenters. The van der Waals surface area contributed by atoms with Crippen LogP contribution in [-0.2, 0) is 9.53 Å². The van der Waals surface area contributed by atoms with Crippen LogP contribution < -0.4 is 5.73 Å². The Labute approximate surface area is 196 Å². The summed E-state index contributed by atoms with van der Waals surface area (Å²) in [5.74, 6) is 4.03. The second-order valence-corrected chi connectivity index (χ2v) is 12.9. The standard InChI is InChI=1S/C28H49NO3/c1-17(2)8-6-7-9-19-11-13-22-21-12-10-20-16-24(32-18(3)30)25(31)26(29)28(20,5)23(21)14-15-27(19,22)4/h17,19-26,31H,6-16,29H2,1-5H3/t19-,20?,21?,22?,23?,24+,25+,26-,27+,28-/m0/s1. The summed E-state index contributed by atoms with van der Waals surface area (Å²) < 4.78 is 5.50. The number of fused-ring (bicyclic) bond motifs is 5. The number of unbranched alkanes of at least 4 members (excludes halogenated alkanes) is 1. The molecule has 0 radical (unpaired) electrons. The first-order valence-corrected chi connectivity index (χ1v) is 13.7. The van der Waals surface area contributed by atoms with Gasteiger partial charge in [-0.1, -0.05) is 47.0 Å². The zero-order valence-corrected chi connectivity index (χ0v) is 21.3. The maximum atomic E-state index is 11.6. The van der Waals surface area contributed by atoms with Crippen LogP contribution in [-0.4, -0.2) is 29.3 Å². The predicted molar refractivity (Wildman–Crippen MR) is 129 cm³/mol. The fraction of sp³-hybridized carbons (Fsp3) is 0.964. The highest BCUT2D eigenvalue weighted by Crippen LogP contribution is 2.67. The van der Waals surface area contributed by atoms with Crippen molar-refractivity contribution >= 4 is 5.97 Å². The molecule has 0 saturated heterocycles. The van der Waals surface area contributed by atoms with Gasteiger partial charge in [0, 0.05) is 13.0 Å². The van der Waals surface area contributed by atoms with Crippen LogP contribution in [0, 0.1) is 46.3 Å². The van der Waals surface area contributed by atoms with E-state index >= 15 is 0 Å². The number of carbonyl (C=O) groups is 1. The normalized spacial score (nSPS) is 48.1. The fourth-order valence-electron chi connectivity index (χ4n) is 9.24. The smallest absolute Gasteiger partial charge is 0.302 e. The van der Waals surface area contributed by atoms with Gasteiger partial charge in [0.25, 0.3) is 0 Å². The summed E-state index contributed by atoms with van der Waals surface area (Å²) in [4.78, 5) is 11.6. The van der Waals surface area contributed by atoms with Gasteiger partial charge in [0.15, 0.2) is 0 Å². The summed E-state index contributed by atoms with van der Waals surface area (Å²) in [6, 6.07) is -0.309. The predicted octanol–water partition coefficient (Wildman–Crippen LogP) is 5.70. The van der Waals surface area contributed by atoms with Crippen molar-refractivity contribution in [3.05, 3.63) is 0 Å². The van der Waals surface area contributed by atoms with Gasteiger partial charge in [-0.05, 0) is 97.7 Å². The van der Waals surface area contributed by atoms with E-state index in [4.69, 9.17) is 10.5 Å². The van der Waals surface area contributed by atoms with E-state index in [1.54, 1.807) is 0 Å². The number of aliphatic hydroxyl groups excluding tert-OH is 1. The number of nitrogens with two attached hydrogens (primary N) is 1. The van der Waals surface area contributed by atoms with Gasteiger partial charge in [0.2, 0.25) is 0 Å². The molecular weight excluding hydrogens is 398 g/mol. The maximum Gasteiger partial charge on any atom is 0.302 e. The topological polar surface area (TPSA) is 72.5 Å².